The summed E-state index contributed by atoms with van der Waals surface area (Å²) in [6.07, 6.45) is 0. The van der Waals surface area contributed by atoms with E-state index < -0.39 is 4.92 Å². The van der Waals surface area contributed by atoms with Crippen LogP contribution in [0.3, 0.4) is 0 Å². The Kier molecular flexibility index (Phi) is 4.82. The maximum atomic E-state index is 11.1. The van der Waals surface area contributed by atoms with Gasteiger partial charge in [-0.15, -0.1) is 0 Å². The fourth-order valence-electron chi connectivity index (χ4n) is 1.34. The third-order valence-corrected chi connectivity index (χ3v) is 2.04. The van der Waals surface area contributed by atoms with Gasteiger partial charge in [-0.05, 0) is 19.8 Å². The molecule has 100 valence electrons. The minimum absolute atomic E-state index is 0.0251. The fraction of sp³-hybridized carbons (Fsp3) is 0.636. The molecule has 0 aromatic carbocycles. The molecule has 0 aliphatic heterocycles. The number of hydrogen-bond donors (Lipinski definition) is 1. The maximum absolute atomic E-state index is 11.1. The van der Waals surface area contributed by atoms with Crippen LogP contribution in [-0.2, 0) is 0 Å². The summed E-state index contributed by atoms with van der Waals surface area (Å²) >= 11 is 0. The Morgan fingerprint density at radius 1 is 1.44 bits per heavy atom. The minimum Gasteiger partial charge on any atom is -0.472 e. The SMILES string of the molecule is CCNc1nc(C)nc(OCC(C)C)c1[N+](=O)[O-]. The molecule has 1 aromatic heterocycles. The Balaban J connectivity index is 3.16. The van der Waals surface area contributed by atoms with Gasteiger partial charge in [-0.3, -0.25) is 10.1 Å². The van der Waals surface area contributed by atoms with E-state index in [4.69, 9.17) is 4.74 Å². The molecule has 0 atom stereocenters. The van der Waals surface area contributed by atoms with E-state index in [2.05, 4.69) is 15.3 Å². The molecule has 1 heterocycles. The molecule has 7 heteroatoms. The zero-order chi connectivity index (χ0) is 13.7. The standard InChI is InChI=1S/C11H18N4O3/c1-5-12-10-9(15(16)17)11(14-8(4)13-10)18-6-7(2)3/h7H,5-6H2,1-4H3,(H,12,13,14). The second kappa shape index (κ2) is 6.13. The third-order valence-electron chi connectivity index (χ3n) is 2.04. The van der Waals surface area contributed by atoms with E-state index in [-0.39, 0.29) is 23.3 Å². The van der Waals surface area contributed by atoms with Crippen LogP contribution < -0.4 is 10.1 Å². The number of anilines is 1. The van der Waals surface area contributed by atoms with E-state index in [0.29, 0.717) is 19.0 Å². The lowest BCUT2D eigenvalue weighted by atomic mass is 10.2. The first kappa shape index (κ1) is 14.1. The average Bonchev–Trinajstić information content (AvgIpc) is 2.25. The number of nitrogens with one attached hydrogen (secondary N) is 1. The first-order chi connectivity index (χ1) is 8.45. The molecule has 0 saturated heterocycles. The third kappa shape index (κ3) is 3.54. The van der Waals surface area contributed by atoms with Crippen LogP contribution in [0.2, 0.25) is 0 Å². The lowest BCUT2D eigenvalue weighted by Crippen LogP contribution is -2.12. The fourth-order valence-corrected chi connectivity index (χ4v) is 1.34. The van der Waals surface area contributed by atoms with Crippen LogP contribution in [0.5, 0.6) is 5.88 Å². The molecule has 0 radical (unpaired) electrons. The highest BCUT2D eigenvalue weighted by Crippen LogP contribution is 2.31. The van der Waals surface area contributed by atoms with Crippen LogP contribution in [0.4, 0.5) is 11.5 Å². The van der Waals surface area contributed by atoms with Gasteiger partial charge in [0, 0.05) is 6.54 Å². The number of hydrogen-bond acceptors (Lipinski definition) is 6. The van der Waals surface area contributed by atoms with Crippen molar-refractivity contribution in [3.05, 3.63) is 15.9 Å². The van der Waals surface area contributed by atoms with Gasteiger partial charge in [0.15, 0.2) is 0 Å². The number of ether oxygens (including phenoxy) is 1. The summed E-state index contributed by atoms with van der Waals surface area (Å²) in [6, 6.07) is 0. The van der Waals surface area contributed by atoms with Crippen LogP contribution in [0.1, 0.15) is 26.6 Å². The largest absolute Gasteiger partial charge is 0.472 e. The van der Waals surface area contributed by atoms with Crippen LogP contribution in [0.25, 0.3) is 0 Å². The molecular weight excluding hydrogens is 236 g/mol. The smallest absolute Gasteiger partial charge is 0.372 e. The van der Waals surface area contributed by atoms with Gasteiger partial charge in [0.25, 0.3) is 5.88 Å². The van der Waals surface area contributed by atoms with Crippen LogP contribution in [-0.4, -0.2) is 28.0 Å². The highest BCUT2D eigenvalue weighted by Gasteiger charge is 2.25. The topological polar surface area (TPSA) is 90.2 Å². The lowest BCUT2D eigenvalue weighted by molar-refractivity contribution is -0.385. The van der Waals surface area contributed by atoms with Gasteiger partial charge in [0.1, 0.15) is 5.82 Å². The number of nitrogens with zero attached hydrogens (tertiary/aromatic N) is 3. The van der Waals surface area contributed by atoms with Crippen LogP contribution in [0, 0.1) is 23.0 Å². The van der Waals surface area contributed by atoms with Crippen molar-refractivity contribution >= 4 is 11.5 Å². The second-order valence-electron chi connectivity index (χ2n) is 4.27. The van der Waals surface area contributed by atoms with Gasteiger partial charge in [0.05, 0.1) is 11.5 Å². The van der Waals surface area contributed by atoms with Crippen molar-refractivity contribution < 1.29 is 9.66 Å². The van der Waals surface area contributed by atoms with Crippen LogP contribution >= 0.6 is 0 Å². The molecule has 0 spiro atoms. The maximum Gasteiger partial charge on any atom is 0.372 e. The predicted molar refractivity (Wildman–Crippen MR) is 67.9 cm³/mol. The first-order valence-electron chi connectivity index (χ1n) is 5.85. The van der Waals surface area contributed by atoms with Gasteiger partial charge in [-0.25, -0.2) is 4.98 Å². The molecule has 18 heavy (non-hydrogen) atoms. The molecule has 1 N–H and O–H groups in total. The zero-order valence-electron chi connectivity index (χ0n) is 11.1. The molecule has 0 fully saturated rings. The summed E-state index contributed by atoms with van der Waals surface area (Å²) in [5, 5.41) is 13.9. The van der Waals surface area contributed by atoms with Crippen LogP contribution in [0.15, 0.2) is 0 Å². The summed E-state index contributed by atoms with van der Waals surface area (Å²) in [4.78, 5) is 18.6. The monoisotopic (exact) mass is 254 g/mol. The van der Waals surface area contributed by atoms with Crippen molar-refractivity contribution in [1.29, 1.82) is 0 Å². The molecule has 0 aliphatic carbocycles. The summed E-state index contributed by atoms with van der Waals surface area (Å²) < 4.78 is 5.39. The van der Waals surface area contributed by atoms with E-state index in [1.807, 2.05) is 20.8 Å². The average molecular weight is 254 g/mol. The Morgan fingerprint density at radius 2 is 2.11 bits per heavy atom. The number of aryl methyl sites for hydroxylation is 1. The Labute approximate surface area is 106 Å². The Morgan fingerprint density at radius 3 is 2.61 bits per heavy atom. The van der Waals surface area contributed by atoms with Gasteiger partial charge >= 0.3 is 5.69 Å². The molecular formula is C11H18N4O3. The first-order valence-corrected chi connectivity index (χ1v) is 5.85. The predicted octanol–water partition coefficient (Wildman–Crippen LogP) is 2.16. The van der Waals surface area contributed by atoms with Crippen molar-refractivity contribution in [2.75, 3.05) is 18.5 Å². The normalized spacial score (nSPS) is 10.5. The van der Waals surface area contributed by atoms with E-state index in [0.717, 1.165) is 0 Å². The van der Waals surface area contributed by atoms with Gasteiger partial charge in [-0.1, -0.05) is 13.8 Å². The molecule has 0 unspecified atom stereocenters. The van der Waals surface area contributed by atoms with Crippen molar-refractivity contribution in [2.24, 2.45) is 5.92 Å². The van der Waals surface area contributed by atoms with E-state index in [1.54, 1.807) is 6.92 Å². The van der Waals surface area contributed by atoms with Gasteiger partial charge < -0.3 is 10.1 Å². The molecule has 0 amide bonds. The number of aromatic nitrogens is 2. The van der Waals surface area contributed by atoms with E-state index >= 15 is 0 Å². The van der Waals surface area contributed by atoms with Gasteiger partial charge in [-0.2, -0.15) is 4.98 Å². The van der Waals surface area contributed by atoms with Gasteiger partial charge in [0.2, 0.25) is 5.82 Å². The molecule has 0 saturated carbocycles. The quantitative estimate of drug-likeness (QED) is 0.618. The lowest BCUT2D eigenvalue weighted by Gasteiger charge is -2.11. The van der Waals surface area contributed by atoms with Crippen molar-refractivity contribution in [1.82, 2.24) is 9.97 Å². The van der Waals surface area contributed by atoms with E-state index in [9.17, 15) is 10.1 Å². The molecule has 1 rings (SSSR count). The summed E-state index contributed by atoms with van der Waals surface area (Å²) in [6.45, 7) is 8.36. The molecule has 1 aromatic rings. The van der Waals surface area contributed by atoms with Crippen molar-refractivity contribution in [3.63, 3.8) is 0 Å². The minimum atomic E-state index is -0.521. The summed E-state index contributed by atoms with van der Waals surface area (Å²) in [5.41, 5.74) is -0.205. The Hall–Kier alpha value is -1.92. The molecule has 0 aliphatic rings. The number of rotatable bonds is 6. The summed E-state index contributed by atoms with van der Waals surface area (Å²) in [5.74, 6) is 0.934. The summed E-state index contributed by atoms with van der Waals surface area (Å²) in [7, 11) is 0. The van der Waals surface area contributed by atoms with Crippen molar-refractivity contribution in [3.8, 4) is 5.88 Å². The zero-order valence-corrected chi connectivity index (χ0v) is 11.1. The second-order valence-corrected chi connectivity index (χ2v) is 4.27. The molecule has 0 bridgehead atoms. The Bertz CT molecular complexity index is 435. The highest BCUT2D eigenvalue weighted by molar-refractivity contribution is 5.61. The molecule has 7 nitrogen and oxygen atoms in total. The highest BCUT2D eigenvalue weighted by atomic mass is 16.6. The van der Waals surface area contributed by atoms with Crippen molar-refractivity contribution in [2.45, 2.75) is 27.7 Å². The van der Waals surface area contributed by atoms with E-state index in [1.165, 1.54) is 0 Å². The number of nitro groups is 1.